The van der Waals surface area contributed by atoms with E-state index in [1.165, 1.54) is 0 Å². The van der Waals surface area contributed by atoms with Crippen molar-refractivity contribution in [2.24, 2.45) is 5.41 Å². The van der Waals surface area contributed by atoms with Gasteiger partial charge in [0.1, 0.15) is 11.5 Å². The van der Waals surface area contributed by atoms with Crippen molar-refractivity contribution in [2.45, 2.75) is 25.1 Å². The van der Waals surface area contributed by atoms with Gasteiger partial charge in [0.25, 0.3) is 0 Å². The maximum Gasteiger partial charge on any atom is 0.233 e. The summed E-state index contributed by atoms with van der Waals surface area (Å²) in [4.78, 5) is 16.3. The minimum Gasteiger partial charge on any atom is -0.493 e. The lowest BCUT2D eigenvalue weighted by atomic mass is 10.1. The minimum atomic E-state index is -0.613. The van der Waals surface area contributed by atoms with Crippen molar-refractivity contribution >= 4 is 51.4 Å². The average molecular weight is 486 g/mol. The SMILES string of the molecule is COc1cc2nccc(Oc3ccc(NC(=S)NC(=O)C4(C)CC4(C)Cl)cc3)c2cc1OC. The van der Waals surface area contributed by atoms with Gasteiger partial charge in [0.15, 0.2) is 16.6 Å². The molecule has 4 rings (SSSR count). The van der Waals surface area contributed by atoms with Gasteiger partial charge in [0.05, 0.1) is 30.0 Å². The summed E-state index contributed by atoms with van der Waals surface area (Å²) < 4.78 is 16.8. The van der Waals surface area contributed by atoms with Crippen molar-refractivity contribution < 1.29 is 19.0 Å². The number of benzene rings is 2. The molecule has 1 amide bonds. The van der Waals surface area contributed by atoms with Crippen LogP contribution in [0.4, 0.5) is 5.69 Å². The number of nitrogens with one attached hydrogen (secondary N) is 2. The maximum atomic E-state index is 12.4. The molecule has 0 saturated heterocycles. The summed E-state index contributed by atoms with van der Waals surface area (Å²) in [6.07, 6.45) is 2.29. The molecular formula is C24H24ClN3O4S. The Kier molecular flexibility index (Phi) is 6.07. The molecule has 1 aliphatic rings. The first-order valence-corrected chi connectivity index (χ1v) is 11.1. The highest BCUT2D eigenvalue weighted by Crippen LogP contribution is 2.60. The second-order valence-electron chi connectivity index (χ2n) is 8.27. The standard InChI is InChI=1S/C24H24ClN3O4S/c1-23(13-24(23,2)25)21(29)28-22(33)27-14-5-7-15(8-6-14)32-18-9-10-26-17-12-20(31-4)19(30-3)11-16(17)18/h5-12H,13H2,1-4H3,(H2,27,28,29,33). The van der Waals surface area contributed by atoms with E-state index >= 15 is 0 Å². The first-order valence-electron chi connectivity index (χ1n) is 10.3. The summed E-state index contributed by atoms with van der Waals surface area (Å²) in [5.41, 5.74) is 0.827. The molecule has 2 unspecified atom stereocenters. The fraction of sp³-hybridized carbons (Fsp3) is 0.292. The molecule has 172 valence electrons. The number of hydrogen-bond donors (Lipinski definition) is 2. The Bertz CT molecular complexity index is 1230. The lowest BCUT2D eigenvalue weighted by Gasteiger charge is -2.15. The van der Waals surface area contributed by atoms with Crippen LogP contribution in [0.15, 0.2) is 48.7 Å². The Labute approximate surface area is 202 Å². The molecule has 0 spiro atoms. The molecule has 0 bridgehead atoms. The van der Waals surface area contributed by atoms with E-state index in [1.807, 2.05) is 32.0 Å². The van der Waals surface area contributed by atoms with Crippen molar-refractivity contribution in [1.82, 2.24) is 10.3 Å². The van der Waals surface area contributed by atoms with Crippen molar-refractivity contribution in [3.8, 4) is 23.0 Å². The normalized spacial score (nSPS) is 21.2. The molecule has 2 N–H and O–H groups in total. The van der Waals surface area contributed by atoms with Crippen LogP contribution in [0.1, 0.15) is 20.3 Å². The summed E-state index contributed by atoms with van der Waals surface area (Å²) in [5, 5.41) is 6.74. The molecule has 33 heavy (non-hydrogen) atoms. The molecule has 0 aliphatic heterocycles. The number of thiocarbonyl (C=S) groups is 1. The van der Waals surface area contributed by atoms with Gasteiger partial charge in [-0.05, 0) is 68.9 Å². The summed E-state index contributed by atoms with van der Waals surface area (Å²) >= 11 is 11.6. The molecule has 1 fully saturated rings. The zero-order valence-corrected chi connectivity index (χ0v) is 20.3. The third kappa shape index (κ3) is 4.54. The molecule has 2 aromatic carbocycles. The van der Waals surface area contributed by atoms with Crippen LogP contribution in [-0.4, -0.2) is 35.1 Å². The second-order valence-corrected chi connectivity index (χ2v) is 9.52. The predicted octanol–water partition coefficient (Wildman–Crippen LogP) is 5.26. The first kappa shape index (κ1) is 23.1. The number of ether oxygens (including phenoxy) is 3. The highest BCUT2D eigenvalue weighted by atomic mass is 35.5. The minimum absolute atomic E-state index is 0.186. The summed E-state index contributed by atoms with van der Waals surface area (Å²) in [5.74, 6) is 2.26. The Morgan fingerprint density at radius 3 is 2.30 bits per heavy atom. The van der Waals surface area contributed by atoms with Gasteiger partial charge in [-0.15, -0.1) is 11.6 Å². The van der Waals surface area contributed by atoms with E-state index in [9.17, 15) is 4.79 Å². The third-order valence-corrected chi connectivity index (χ3v) is 6.74. The summed E-state index contributed by atoms with van der Waals surface area (Å²) in [6, 6.07) is 12.7. The summed E-state index contributed by atoms with van der Waals surface area (Å²) in [6.45, 7) is 3.68. The van der Waals surface area contributed by atoms with Gasteiger partial charge < -0.3 is 24.8 Å². The zero-order valence-electron chi connectivity index (χ0n) is 18.7. The Morgan fingerprint density at radius 2 is 1.70 bits per heavy atom. The molecule has 1 aliphatic carbocycles. The van der Waals surface area contributed by atoms with Gasteiger partial charge in [-0.2, -0.15) is 0 Å². The molecule has 1 aromatic heterocycles. The van der Waals surface area contributed by atoms with Gasteiger partial charge in [-0.25, -0.2) is 0 Å². The van der Waals surface area contributed by atoms with Crippen LogP contribution in [0.2, 0.25) is 0 Å². The third-order valence-electron chi connectivity index (χ3n) is 5.99. The van der Waals surface area contributed by atoms with Gasteiger partial charge >= 0.3 is 0 Å². The molecule has 7 nitrogen and oxygen atoms in total. The number of aromatic nitrogens is 1. The zero-order chi connectivity index (χ0) is 23.8. The number of pyridine rings is 1. The predicted molar refractivity (Wildman–Crippen MR) is 133 cm³/mol. The number of hydrogen-bond acceptors (Lipinski definition) is 6. The van der Waals surface area contributed by atoms with E-state index in [0.717, 1.165) is 10.9 Å². The fourth-order valence-electron chi connectivity index (χ4n) is 3.61. The van der Waals surface area contributed by atoms with Crippen LogP contribution in [0, 0.1) is 5.41 Å². The van der Waals surface area contributed by atoms with E-state index in [1.54, 1.807) is 44.7 Å². The van der Waals surface area contributed by atoms with Gasteiger partial charge in [-0.1, -0.05) is 0 Å². The van der Waals surface area contributed by atoms with Gasteiger partial charge in [0, 0.05) is 23.3 Å². The Morgan fingerprint density at radius 1 is 1.06 bits per heavy atom. The monoisotopic (exact) mass is 485 g/mol. The molecule has 9 heteroatoms. The highest BCUT2D eigenvalue weighted by Gasteiger charge is 2.65. The van der Waals surface area contributed by atoms with Gasteiger partial charge in [0.2, 0.25) is 5.91 Å². The smallest absolute Gasteiger partial charge is 0.233 e. The van der Waals surface area contributed by atoms with E-state index in [4.69, 9.17) is 38.0 Å². The molecule has 1 heterocycles. The Hall–Kier alpha value is -3.10. The second kappa shape index (κ2) is 8.68. The average Bonchev–Trinajstić information content (AvgIpc) is 3.32. The van der Waals surface area contributed by atoms with Crippen molar-refractivity contribution in [1.29, 1.82) is 0 Å². The maximum absolute atomic E-state index is 12.4. The number of methoxy groups -OCH3 is 2. The van der Waals surface area contributed by atoms with Crippen LogP contribution in [0.3, 0.4) is 0 Å². The first-order chi connectivity index (χ1) is 15.7. The van der Waals surface area contributed by atoms with Crippen molar-refractivity contribution in [3.63, 3.8) is 0 Å². The lowest BCUT2D eigenvalue weighted by molar-refractivity contribution is -0.124. The van der Waals surface area contributed by atoms with E-state index < -0.39 is 10.3 Å². The van der Waals surface area contributed by atoms with E-state index in [2.05, 4.69) is 15.6 Å². The topological polar surface area (TPSA) is 81.7 Å². The number of carbonyl (C=O) groups is 1. The number of halogens is 1. The van der Waals surface area contributed by atoms with Crippen LogP contribution >= 0.6 is 23.8 Å². The van der Waals surface area contributed by atoms with Gasteiger partial charge in [-0.3, -0.25) is 9.78 Å². The summed E-state index contributed by atoms with van der Waals surface area (Å²) in [7, 11) is 3.16. The number of fused-ring (bicyclic) bond motifs is 1. The molecule has 2 atom stereocenters. The van der Waals surface area contributed by atoms with Crippen LogP contribution < -0.4 is 24.8 Å². The van der Waals surface area contributed by atoms with E-state index in [0.29, 0.717) is 35.1 Å². The lowest BCUT2D eigenvalue weighted by Crippen LogP contribution is -2.40. The molecule has 3 aromatic rings. The van der Waals surface area contributed by atoms with Crippen LogP contribution in [-0.2, 0) is 4.79 Å². The highest BCUT2D eigenvalue weighted by molar-refractivity contribution is 7.80. The number of anilines is 1. The quantitative estimate of drug-likeness (QED) is 0.364. The molecule has 0 radical (unpaired) electrons. The number of rotatable bonds is 6. The molecule has 1 saturated carbocycles. The Balaban J connectivity index is 1.44. The number of nitrogens with zero attached hydrogens (tertiary/aromatic N) is 1. The fourth-order valence-corrected chi connectivity index (χ4v) is 4.17. The van der Waals surface area contributed by atoms with Crippen LogP contribution in [0.25, 0.3) is 10.9 Å². The van der Waals surface area contributed by atoms with E-state index in [-0.39, 0.29) is 11.0 Å². The molecular weight excluding hydrogens is 462 g/mol. The number of carbonyl (C=O) groups excluding carboxylic acids is 1. The largest absolute Gasteiger partial charge is 0.493 e. The van der Waals surface area contributed by atoms with Crippen molar-refractivity contribution in [3.05, 3.63) is 48.7 Å². The number of amides is 1. The number of alkyl halides is 1. The van der Waals surface area contributed by atoms with Crippen molar-refractivity contribution in [2.75, 3.05) is 19.5 Å². The van der Waals surface area contributed by atoms with Crippen LogP contribution in [0.5, 0.6) is 23.0 Å².